The lowest BCUT2D eigenvalue weighted by atomic mass is 9.33. The fraction of sp³-hybridized carbons (Fsp3) is 0.915. The van der Waals surface area contributed by atoms with Crippen LogP contribution in [0.4, 0.5) is 0 Å². The number of fused-ring (bicyclic) bond motifs is 7. The minimum Gasteiger partial charge on any atom is -0.479 e. The lowest BCUT2D eigenvalue weighted by Crippen LogP contribution is -2.67. The second-order valence-electron chi connectivity index (χ2n) is 23.1. The van der Waals surface area contributed by atoms with Crippen LogP contribution in [0.15, 0.2) is 11.6 Å². The Bertz CT molecular complexity index is 1790. The first-order valence-corrected chi connectivity index (χ1v) is 23.3. The van der Waals surface area contributed by atoms with Gasteiger partial charge < -0.3 is 69.3 Å². The van der Waals surface area contributed by atoms with Crippen molar-refractivity contribution in [1.29, 1.82) is 0 Å². The molecule has 5 aliphatic carbocycles. The van der Waals surface area contributed by atoms with Crippen LogP contribution in [0.25, 0.3) is 0 Å². The molecule has 8 N–H and O–H groups in total. The van der Waals surface area contributed by atoms with Gasteiger partial charge in [-0.2, -0.15) is 0 Å². The first-order valence-electron chi connectivity index (χ1n) is 23.3. The van der Waals surface area contributed by atoms with Gasteiger partial charge in [0.25, 0.3) is 0 Å². The van der Waals surface area contributed by atoms with E-state index < -0.39 is 110 Å². The summed E-state index contributed by atoms with van der Waals surface area (Å²) in [6, 6.07) is 0. The molecule has 4 saturated carbocycles. The zero-order valence-corrected chi connectivity index (χ0v) is 38.4. The minimum atomic E-state index is -1.97. The van der Waals surface area contributed by atoms with Crippen molar-refractivity contribution in [3.8, 4) is 0 Å². The fourth-order valence-corrected chi connectivity index (χ4v) is 14.6. The van der Waals surface area contributed by atoms with Crippen molar-refractivity contribution in [3.63, 3.8) is 0 Å². The van der Waals surface area contributed by atoms with Gasteiger partial charge in [0.2, 0.25) is 0 Å². The molecular formula is C47H74O16. The minimum absolute atomic E-state index is 0.0101. The standard InChI is InChI=1S/C47H74O16/c1-21-29(50)31(52)34(55)39(59-21)62-36-30(51)24(48)20-58-40(36)63-37-33(54)32(53)35(38(56)57)61-41(37)60-28-13-14-45(7)25(43(28,4)5)12-15-47(9)26(45)11-10-22-23-18-42(2,3)19-27(49)44(23,6)16-17-46(22,47)8/h10,21,23-26,28-37,39-41,48,50-55H,11-20H2,1-9H3,(H,56,57)/t21-,23-,24+,25-,26+,28-,29-,30-,31+,32-,33-,34+,35-,36+,37+,39-,40-,41+,44+,45-,46+,47+/m0/s1. The number of aliphatic hydroxyl groups is 7. The number of rotatable bonds is 7. The number of aliphatic carboxylic acids is 1. The van der Waals surface area contributed by atoms with E-state index in [-0.39, 0.29) is 38.9 Å². The van der Waals surface area contributed by atoms with Crippen LogP contribution in [0.1, 0.15) is 120 Å². The molecule has 0 aromatic heterocycles. The smallest absolute Gasteiger partial charge is 0.335 e. The Morgan fingerprint density at radius 2 is 1.38 bits per heavy atom. The summed E-state index contributed by atoms with van der Waals surface area (Å²) in [6.45, 7) is 19.4. The van der Waals surface area contributed by atoms with Crippen LogP contribution in [0, 0.1) is 50.2 Å². The topological polar surface area (TPSA) is 251 Å². The molecule has 3 heterocycles. The SMILES string of the molecule is C[C@@H]1O[C@@H](O[C@H]2[C@H](O[C@H]3[C@H](O[C@H]4CC[C@]5(C)[C@H]6CC=C7[C@@H]8CC(C)(C)CC(=O)[C@]8(C)CC[C@@]7(C)[C@]6(C)CC[C@H]5C4(C)C)O[C@H](C(=O)O)[C@@H](O)[C@@H]3O)OC[C@@H](O)[C@@H]2O)[C@H](O)[C@H](O)[C@H]1O. The third-order valence-corrected chi connectivity index (χ3v) is 18.7. The number of aliphatic hydroxyl groups excluding tert-OH is 7. The molecule has 0 radical (unpaired) electrons. The van der Waals surface area contributed by atoms with E-state index in [9.17, 15) is 50.4 Å². The van der Waals surface area contributed by atoms with Crippen molar-refractivity contribution in [3.05, 3.63) is 11.6 Å². The Balaban J connectivity index is 1.05. The number of carbonyl (C=O) groups excluding carboxylic acids is 1. The van der Waals surface area contributed by atoms with Gasteiger partial charge in [-0.05, 0) is 103 Å². The van der Waals surface area contributed by atoms with Gasteiger partial charge in [0.1, 0.15) is 60.7 Å². The van der Waals surface area contributed by atoms with Gasteiger partial charge in [0.15, 0.2) is 25.0 Å². The second-order valence-corrected chi connectivity index (χ2v) is 23.1. The number of ketones is 1. The van der Waals surface area contributed by atoms with E-state index in [1.165, 1.54) is 12.5 Å². The number of carboxylic acids is 1. The predicted octanol–water partition coefficient (Wildman–Crippen LogP) is 2.58. The highest BCUT2D eigenvalue weighted by Gasteiger charge is 2.69. The summed E-state index contributed by atoms with van der Waals surface area (Å²) >= 11 is 0. The summed E-state index contributed by atoms with van der Waals surface area (Å²) < 4.78 is 36.2. The molecule has 0 aromatic rings. The largest absolute Gasteiger partial charge is 0.479 e. The van der Waals surface area contributed by atoms with Crippen molar-refractivity contribution in [2.45, 2.75) is 212 Å². The molecule has 0 aromatic carbocycles. The molecule has 0 amide bonds. The van der Waals surface area contributed by atoms with Gasteiger partial charge >= 0.3 is 5.97 Å². The molecule has 0 bridgehead atoms. The molecule has 3 saturated heterocycles. The van der Waals surface area contributed by atoms with Crippen molar-refractivity contribution in [2.75, 3.05) is 6.61 Å². The molecule has 7 fully saturated rings. The van der Waals surface area contributed by atoms with Crippen LogP contribution in [-0.4, -0.2) is 151 Å². The number of Topliss-reactive ketones (excluding diaryl/α,β-unsaturated/α-hetero) is 1. The number of carbonyl (C=O) groups is 2. The molecule has 0 unspecified atom stereocenters. The molecule has 3 aliphatic heterocycles. The van der Waals surface area contributed by atoms with Crippen molar-refractivity contribution >= 4 is 11.8 Å². The highest BCUT2D eigenvalue weighted by molar-refractivity contribution is 5.87. The molecule has 16 heteroatoms. The fourth-order valence-electron chi connectivity index (χ4n) is 14.6. The Labute approximate surface area is 370 Å². The highest BCUT2D eigenvalue weighted by atomic mass is 16.8. The average molecular weight is 895 g/mol. The zero-order valence-electron chi connectivity index (χ0n) is 38.4. The summed E-state index contributed by atoms with van der Waals surface area (Å²) in [6.07, 6.45) is -13.1. The molecule has 0 spiro atoms. The lowest BCUT2D eigenvalue weighted by molar-refractivity contribution is -0.386. The van der Waals surface area contributed by atoms with E-state index in [0.29, 0.717) is 24.5 Å². The monoisotopic (exact) mass is 894 g/mol. The van der Waals surface area contributed by atoms with Crippen LogP contribution in [0.2, 0.25) is 0 Å². The van der Waals surface area contributed by atoms with Gasteiger partial charge in [0, 0.05) is 11.8 Å². The van der Waals surface area contributed by atoms with Gasteiger partial charge in [-0.25, -0.2) is 4.79 Å². The van der Waals surface area contributed by atoms with Gasteiger partial charge in [0.05, 0.1) is 18.8 Å². The molecule has 22 atom stereocenters. The van der Waals surface area contributed by atoms with Crippen LogP contribution < -0.4 is 0 Å². The van der Waals surface area contributed by atoms with Crippen molar-refractivity contribution in [2.24, 2.45) is 50.2 Å². The van der Waals surface area contributed by atoms with E-state index in [0.717, 1.165) is 44.9 Å². The maximum absolute atomic E-state index is 13.8. The summed E-state index contributed by atoms with van der Waals surface area (Å²) in [5, 5.41) is 85.7. The predicted molar refractivity (Wildman–Crippen MR) is 222 cm³/mol. The average Bonchev–Trinajstić information content (AvgIpc) is 3.20. The van der Waals surface area contributed by atoms with E-state index in [4.69, 9.17) is 28.4 Å². The second kappa shape index (κ2) is 16.3. The van der Waals surface area contributed by atoms with Crippen molar-refractivity contribution < 1.29 is 78.9 Å². The Kier molecular flexibility index (Phi) is 12.3. The third kappa shape index (κ3) is 7.43. The Morgan fingerprint density at radius 3 is 2.06 bits per heavy atom. The zero-order chi connectivity index (χ0) is 46.1. The van der Waals surface area contributed by atoms with Crippen LogP contribution in [0.3, 0.4) is 0 Å². The quantitative estimate of drug-likeness (QED) is 0.135. The number of carboxylic acid groups (broad SMARTS) is 1. The molecule has 16 nitrogen and oxygen atoms in total. The maximum Gasteiger partial charge on any atom is 0.335 e. The van der Waals surface area contributed by atoms with E-state index in [1.54, 1.807) is 0 Å². The molecule has 8 rings (SSSR count). The lowest BCUT2D eigenvalue weighted by Gasteiger charge is -2.71. The van der Waals surface area contributed by atoms with Crippen molar-refractivity contribution in [1.82, 2.24) is 0 Å². The van der Waals surface area contributed by atoms with E-state index in [2.05, 4.69) is 61.5 Å². The molecule has 358 valence electrons. The van der Waals surface area contributed by atoms with Gasteiger partial charge in [-0.3, -0.25) is 4.79 Å². The Morgan fingerprint density at radius 1 is 0.714 bits per heavy atom. The number of hydrogen-bond donors (Lipinski definition) is 8. The number of hydrogen-bond acceptors (Lipinski definition) is 15. The van der Waals surface area contributed by atoms with Crippen LogP contribution in [0.5, 0.6) is 0 Å². The number of ether oxygens (including phenoxy) is 6. The van der Waals surface area contributed by atoms with Gasteiger partial charge in [-0.15, -0.1) is 0 Å². The van der Waals surface area contributed by atoms with Crippen LogP contribution >= 0.6 is 0 Å². The Hall–Kier alpha value is -1.64. The van der Waals surface area contributed by atoms with E-state index >= 15 is 0 Å². The summed E-state index contributed by atoms with van der Waals surface area (Å²) in [7, 11) is 0. The molecule has 8 aliphatic rings. The van der Waals surface area contributed by atoms with Crippen LogP contribution in [-0.2, 0) is 38.0 Å². The first-order chi connectivity index (χ1) is 29.2. The molecule has 63 heavy (non-hydrogen) atoms. The van der Waals surface area contributed by atoms with E-state index in [1.807, 2.05) is 0 Å². The summed E-state index contributed by atoms with van der Waals surface area (Å²) in [5.41, 5.74) is 0.456. The highest BCUT2D eigenvalue weighted by Crippen LogP contribution is 2.75. The summed E-state index contributed by atoms with van der Waals surface area (Å²) in [5.74, 6) is -0.358. The normalized spacial score (nSPS) is 54.2. The number of allylic oxidation sites excluding steroid dienone is 2. The first kappa shape index (κ1) is 47.8. The summed E-state index contributed by atoms with van der Waals surface area (Å²) in [4.78, 5) is 26.2. The van der Waals surface area contributed by atoms with Gasteiger partial charge in [-0.1, -0.05) is 67.0 Å². The maximum atomic E-state index is 13.8. The molecular weight excluding hydrogens is 821 g/mol. The third-order valence-electron chi connectivity index (χ3n) is 18.7.